The van der Waals surface area contributed by atoms with Gasteiger partial charge in [-0.05, 0) is 30.3 Å². The molecule has 0 unspecified atom stereocenters. The Bertz CT molecular complexity index is 1210. The number of carboxylic acids is 1. The van der Waals surface area contributed by atoms with Gasteiger partial charge >= 0.3 is 29.6 Å². The zero-order valence-corrected chi connectivity index (χ0v) is 19.2. The quantitative estimate of drug-likeness (QED) is 0.135. The Balaban J connectivity index is 0.00000341. The second-order valence-electron chi connectivity index (χ2n) is 5.92. The van der Waals surface area contributed by atoms with Crippen molar-refractivity contribution in [3.05, 3.63) is 90.0 Å². The smallest absolute Gasteiger partial charge is 0.545 e. The number of anilines is 1. The van der Waals surface area contributed by atoms with Crippen LogP contribution in [0.4, 0.5) is 11.4 Å². The number of nitrogens with one attached hydrogen (secondary N) is 1. The normalized spacial score (nSPS) is 11.7. The van der Waals surface area contributed by atoms with E-state index >= 15 is 0 Å². The molecule has 0 atom stereocenters. The first-order valence-corrected chi connectivity index (χ1v) is 9.97. The van der Waals surface area contributed by atoms with Crippen LogP contribution in [0.15, 0.2) is 99.1 Å². The zero-order valence-electron chi connectivity index (χ0n) is 16.3. The molecule has 0 radical (unpaired) electrons. The van der Waals surface area contributed by atoms with E-state index in [1.807, 2.05) is 6.07 Å². The van der Waals surface area contributed by atoms with Crippen molar-refractivity contribution in [2.24, 2.45) is 15.3 Å². The van der Waals surface area contributed by atoms with Crippen LogP contribution in [0.2, 0.25) is 0 Å². The average Bonchev–Trinajstić information content (AvgIpc) is 2.74. The van der Waals surface area contributed by atoms with E-state index in [4.69, 9.17) is 4.55 Å². The van der Waals surface area contributed by atoms with Crippen LogP contribution in [0, 0.1) is 0 Å². The van der Waals surface area contributed by atoms with E-state index < -0.39 is 16.1 Å². The van der Waals surface area contributed by atoms with E-state index in [0.29, 0.717) is 11.3 Å². The number of carbonyl (C=O) groups excluding carboxylic acids is 1. The van der Waals surface area contributed by atoms with Gasteiger partial charge in [-0.2, -0.15) is 13.5 Å². The van der Waals surface area contributed by atoms with Gasteiger partial charge in [0.25, 0.3) is 10.1 Å². The van der Waals surface area contributed by atoms with Crippen LogP contribution in [0.5, 0.6) is 0 Å². The molecule has 3 aromatic rings. The SMILES string of the molecule is O=C([O-])c1ccccc1N=N/C(=N/Nc1ccc(S(=O)(=O)O)cc1)c1ccccc1.[Na+]. The molecule has 9 nitrogen and oxygen atoms in total. The van der Waals surface area contributed by atoms with Crippen LogP contribution in [-0.4, -0.2) is 24.8 Å². The number of amidine groups is 1. The Labute approximate surface area is 200 Å². The van der Waals surface area contributed by atoms with E-state index in [9.17, 15) is 18.3 Å². The minimum atomic E-state index is -4.29. The van der Waals surface area contributed by atoms with Gasteiger partial charge in [0.2, 0.25) is 5.84 Å². The predicted octanol–water partition coefficient (Wildman–Crippen LogP) is -0.142. The summed E-state index contributed by atoms with van der Waals surface area (Å²) >= 11 is 0. The largest absolute Gasteiger partial charge is 1.00 e. The monoisotopic (exact) mass is 446 g/mol. The number of carbonyl (C=O) groups is 1. The van der Waals surface area contributed by atoms with Gasteiger partial charge in [0.15, 0.2) is 0 Å². The van der Waals surface area contributed by atoms with Gasteiger partial charge in [-0.25, -0.2) is 0 Å². The summed E-state index contributed by atoms with van der Waals surface area (Å²) in [6, 6.07) is 20.1. The van der Waals surface area contributed by atoms with E-state index in [-0.39, 0.29) is 51.5 Å². The Morgan fingerprint density at radius 3 is 2.13 bits per heavy atom. The molecule has 2 N–H and O–H groups in total. The maximum absolute atomic E-state index is 11.2. The number of nitrogens with zero attached hydrogens (tertiary/aromatic N) is 3. The van der Waals surface area contributed by atoms with Crippen LogP contribution in [0.1, 0.15) is 15.9 Å². The fraction of sp³-hybridized carbons (Fsp3) is 0. The molecule has 11 heteroatoms. The van der Waals surface area contributed by atoms with Gasteiger partial charge in [0, 0.05) is 11.1 Å². The molecule has 0 fully saturated rings. The maximum atomic E-state index is 11.2. The topological polar surface area (TPSA) is 144 Å². The molecule has 0 aromatic heterocycles. The van der Waals surface area contributed by atoms with Crippen LogP contribution >= 0.6 is 0 Å². The number of rotatable bonds is 6. The third-order valence-electron chi connectivity index (χ3n) is 3.85. The standard InChI is InChI=1S/C20H16N4O5S.Na/c25-20(26)17-8-4-5-9-18(17)22-24-19(14-6-2-1-3-7-14)23-21-15-10-12-16(13-11-15)30(27,28)29;/h1-13,21H,(H,25,26)(H,27,28,29);/q;+1/p-1/b23-19+,24-22?;. The molecule has 3 rings (SSSR count). The molecule has 0 saturated heterocycles. The van der Waals surface area contributed by atoms with Gasteiger partial charge in [-0.15, -0.1) is 10.2 Å². The van der Waals surface area contributed by atoms with E-state index in [1.54, 1.807) is 36.4 Å². The summed E-state index contributed by atoms with van der Waals surface area (Å²) in [4.78, 5) is 11.0. The second kappa shape index (κ2) is 10.9. The molecule has 3 aromatic carbocycles. The van der Waals surface area contributed by atoms with Crippen LogP contribution in [0.3, 0.4) is 0 Å². The third-order valence-corrected chi connectivity index (χ3v) is 4.72. The van der Waals surface area contributed by atoms with Crippen molar-refractivity contribution in [3.8, 4) is 0 Å². The number of benzene rings is 3. The minimum absolute atomic E-state index is 0. The van der Waals surface area contributed by atoms with Crippen molar-refractivity contribution >= 4 is 33.3 Å². The molecule has 0 aliphatic rings. The van der Waals surface area contributed by atoms with E-state index in [0.717, 1.165) is 0 Å². The van der Waals surface area contributed by atoms with Gasteiger partial charge < -0.3 is 9.90 Å². The van der Waals surface area contributed by atoms with Crippen molar-refractivity contribution in [1.82, 2.24) is 0 Å². The van der Waals surface area contributed by atoms with Crippen molar-refractivity contribution in [3.63, 3.8) is 0 Å². The Morgan fingerprint density at radius 2 is 1.52 bits per heavy atom. The first kappa shape index (κ1) is 24.4. The molecule has 0 aliphatic carbocycles. The first-order valence-electron chi connectivity index (χ1n) is 8.53. The molecular formula is C20H15N4NaO5S. The predicted molar refractivity (Wildman–Crippen MR) is 108 cm³/mol. The Hall–Kier alpha value is -2.89. The molecule has 0 aliphatic heterocycles. The van der Waals surface area contributed by atoms with Crippen molar-refractivity contribution in [2.45, 2.75) is 4.90 Å². The molecular weight excluding hydrogens is 431 g/mol. The van der Waals surface area contributed by atoms with Crippen molar-refractivity contribution in [2.75, 3.05) is 5.43 Å². The zero-order chi connectivity index (χ0) is 21.6. The maximum Gasteiger partial charge on any atom is 1.00 e. The molecule has 0 spiro atoms. The van der Waals surface area contributed by atoms with Crippen molar-refractivity contribution < 1.29 is 52.4 Å². The molecule has 0 bridgehead atoms. The number of azo groups is 1. The molecule has 0 amide bonds. The van der Waals surface area contributed by atoms with E-state index in [1.165, 1.54) is 36.4 Å². The van der Waals surface area contributed by atoms with Gasteiger partial charge in [0.1, 0.15) is 0 Å². The summed E-state index contributed by atoms with van der Waals surface area (Å²) in [5, 5.41) is 23.5. The van der Waals surface area contributed by atoms with Crippen molar-refractivity contribution in [1.29, 1.82) is 0 Å². The second-order valence-corrected chi connectivity index (χ2v) is 7.34. The number of aromatic carboxylic acids is 1. The number of hydrogen-bond donors (Lipinski definition) is 2. The molecule has 0 saturated carbocycles. The summed E-state index contributed by atoms with van der Waals surface area (Å²) in [5.41, 5.74) is 3.76. The molecule has 31 heavy (non-hydrogen) atoms. The minimum Gasteiger partial charge on any atom is -0.545 e. The number of hydrazone groups is 1. The molecule has 0 heterocycles. The fourth-order valence-corrected chi connectivity index (χ4v) is 2.87. The van der Waals surface area contributed by atoms with Gasteiger partial charge in [-0.1, -0.05) is 48.5 Å². The van der Waals surface area contributed by atoms with Gasteiger partial charge in [0.05, 0.1) is 22.2 Å². The van der Waals surface area contributed by atoms with Crippen LogP contribution in [0.25, 0.3) is 0 Å². The van der Waals surface area contributed by atoms with Crippen LogP contribution < -0.4 is 40.1 Å². The average molecular weight is 446 g/mol. The number of carboxylic acid groups (broad SMARTS) is 1. The van der Waals surface area contributed by atoms with Gasteiger partial charge in [-0.3, -0.25) is 9.98 Å². The summed E-state index contributed by atoms with van der Waals surface area (Å²) in [6.45, 7) is 0. The Morgan fingerprint density at radius 1 is 0.903 bits per heavy atom. The molecule has 152 valence electrons. The summed E-state index contributed by atoms with van der Waals surface area (Å²) in [6.07, 6.45) is 0. The fourth-order valence-electron chi connectivity index (χ4n) is 2.39. The third kappa shape index (κ3) is 6.81. The Kier molecular flexibility index (Phi) is 8.60. The summed E-state index contributed by atoms with van der Waals surface area (Å²) in [7, 11) is -4.29. The first-order chi connectivity index (χ1) is 14.3. The van der Waals surface area contributed by atoms with Crippen LogP contribution in [-0.2, 0) is 10.1 Å². The van der Waals surface area contributed by atoms with E-state index in [2.05, 4.69) is 20.8 Å². The number of hydrogen-bond acceptors (Lipinski definition) is 7. The summed E-state index contributed by atoms with van der Waals surface area (Å²) < 4.78 is 31.3. The summed E-state index contributed by atoms with van der Waals surface area (Å²) in [5.74, 6) is -1.22.